The van der Waals surface area contributed by atoms with Crippen LogP contribution in [0.1, 0.15) is 10.6 Å². The molecule has 0 aromatic carbocycles. The van der Waals surface area contributed by atoms with E-state index in [0.29, 0.717) is 5.13 Å². The van der Waals surface area contributed by atoms with Gasteiger partial charge in [-0.05, 0) is 7.05 Å². The minimum absolute atomic E-state index is 0.499. The smallest absolute Gasteiger partial charge is 0.315 e. The molecule has 0 saturated heterocycles. The predicted molar refractivity (Wildman–Crippen MR) is 64.8 cm³/mol. The number of hydrogen-bond acceptors (Lipinski definition) is 5. The maximum Gasteiger partial charge on any atom is 0.315 e. The van der Waals surface area contributed by atoms with E-state index in [9.17, 15) is 9.59 Å². The highest BCUT2D eigenvalue weighted by Gasteiger charge is 2.20. The lowest BCUT2D eigenvalue weighted by Crippen LogP contribution is -2.32. The molecule has 0 saturated carbocycles. The summed E-state index contributed by atoms with van der Waals surface area (Å²) in [5.41, 5.74) is 1.03. The first-order chi connectivity index (χ1) is 8.10. The highest BCUT2D eigenvalue weighted by atomic mass is 32.1. The molecule has 0 radical (unpaired) electrons. The van der Waals surface area contributed by atoms with Crippen LogP contribution < -0.4 is 10.6 Å². The van der Waals surface area contributed by atoms with Gasteiger partial charge in [0.25, 0.3) is 0 Å². The maximum absolute atomic E-state index is 11.4. The summed E-state index contributed by atoms with van der Waals surface area (Å²) >= 11 is 1.43. The van der Waals surface area contributed by atoms with Crippen molar-refractivity contribution in [3.8, 4) is 0 Å². The van der Waals surface area contributed by atoms with Gasteiger partial charge in [0.2, 0.25) is 0 Å². The summed E-state index contributed by atoms with van der Waals surface area (Å²) in [6, 6.07) is 0. The maximum atomic E-state index is 11.4. The van der Waals surface area contributed by atoms with Gasteiger partial charge in [-0.25, -0.2) is 4.98 Å². The molecule has 0 atom stereocenters. The van der Waals surface area contributed by atoms with E-state index in [0.717, 1.165) is 30.1 Å². The van der Waals surface area contributed by atoms with Crippen LogP contribution in [-0.4, -0.2) is 42.3 Å². The third-order valence-electron chi connectivity index (χ3n) is 2.58. The molecule has 0 aliphatic carbocycles. The van der Waals surface area contributed by atoms with Crippen LogP contribution in [0.4, 0.5) is 5.13 Å². The molecule has 0 fully saturated rings. The second-order valence-electron chi connectivity index (χ2n) is 3.91. The van der Waals surface area contributed by atoms with Gasteiger partial charge in [0.1, 0.15) is 0 Å². The zero-order valence-electron chi connectivity index (χ0n) is 9.74. The van der Waals surface area contributed by atoms with E-state index in [1.54, 1.807) is 0 Å². The fourth-order valence-corrected chi connectivity index (χ4v) is 2.73. The Kier molecular flexibility index (Phi) is 3.39. The van der Waals surface area contributed by atoms with Crippen molar-refractivity contribution >= 4 is 28.3 Å². The van der Waals surface area contributed by atoms with E-state index in [-0.39, 0.29) is 0 Å². The van der Waals surface area contributed by atoms with E-state index in [1.165, 1.54) is 18.4 Å². The van der Waals surface area contributed by atoms with E-state index in [4.69, 9.17) is 0 Å². The second kappa shape index (κ2) is 4.80. The molecular weight excluding hydrogens is 240 g/mol. The molecule has 7 heteroatoms. The summed E-state index contributed by atoms with van der Waals surface area (Å²) in [4.78, 5) is 30.1. The number of carbonyl (C=O) groups excluding carboxylic acids is 2. The van der Waals surface area contributed by atoms with Crippen molar-refractivity contribution in [3.63, 3.8) is 0 Å². The molecule has 0 unspecified atom stereocenters. The molecule has 17 heavy (non-hydrogen) atoms. The zero-order chi connectivity index (χ0) is 12.4. The highest BCUT2D eigenvalue weighted by molar-refractivity contribution is 7.16. The molecule has 92 valence electrons. The van der Waals surface area contributed by atoms with E-state index < -0.39 is 11.8 Å². The Morgan fingerprint density at radius 2 is 2.18 bits per heavy atom. The van der Waals surface area contributed by atoms with Crippen molar-refractivity contribution in [2.24, 2.45) is 0 Å². The molecular formula is C10H14N4O2S. The minimum Gasteiger partial charge on any atom is -0.351 e. The average Bonchev–Trinajstić information content (AvgIpc) is 2.69. The topological polar surface area (TPSA) is 74.3 Å². The van der Waals surface area contributed by atoms with Gasteiger partial charge in [0.15, 0.2) is 5.13 Å². The molecule has 1 aliphatic rings. The number of fused-ring (bicyclic) bond motifs is 1. The van der Waals surface area contributed by atoms with Crippen LogP contribution >= 0.6 is 11.3 Å². The van der Waals surface area contributed by atoms with Crippen LogP contribution in [0.2, 0.25) is 0 Å². The molecule has 2 heterocycles. The Morgan fingerprint density at radius 1 is 1.41 bits per heavy atom. The number of thiazole rings is 1. The SMILES string of the molecule is CNC(=O)C(=O)Nc1nc2c(s1)CN(C)CC2. The Morgan fingerprint density at radius 3 is 2.88 bits per heavy atom. The van der Waals surface area contributed by atoms with Gasteiger partial charge >= 0.3 is 11.8 Å². The van der Waals surface area contributed by atoms with Crippen LogP contribution in [0, 0.1) is 0 Å². The van der Waals surface area contributed by atoms with Crippen molar-refractivity contribution in [1.82, 2.24) is 15.2 Å². The number of nitrogens with one attached hydrogen (secondary N) is 2. The van der Waals surface area contributed by atoms with Crippen molar-refractivity contribution in [1.29, 1.82) is 0 Å². The summed E-state index contributed by atoms with van der Waals surface area (Å²) in [6.45, 7) is 1.82. The predicted octanol–water partition coefficient (Wildman–Crippen LogP) is -0.185. The van der Waals surface area contributed by atoms with Gasteiger partial charge in [-0.1, -0.05) is 0 Å². The van der Waals surface area contributed by atoms with E-state index in [2.05, 4.69) is 20.5 Å². The Labute approximate surface area is 103 Å². The van der Waals surface area contributed by atoms with Gasteiger partial charge < -0.3 is 10.2 Å². The van der Waals surface area contributed by atoms with Crippen molar-refractivity contribution in [2.45, 2.75) is 13.0 Å². The molecule has 1 aromatic rings. The van der Waals surface area contributed by atoms with Gasteiger partial charge in [-0.15, -0.1) is 11.3 Å². The largest absolute Gasteiger partial charge is 0.351 e. The average molecular weight is 254 g/mol. The number of nitrogens with zero attached hydrogens (tertiary/aromatic N) is 2. The van der Waals surface area contributed by atoms with Gasteiger partial charge in [0.05, 0.1) is 5.69 Å². The van der Waals surface area contributed by atoms with Crippen LogP contribution in [-0.2, 0) is 22.6 Å². The van der Waals surface area contributed by atoms with Crippen LogP contribution in [0.3, 0.4) is 0 Å². The molecule has 0 bridgehead atoms. The number of carbonyl (C=O) groups is 2. The molecule has 1 aromatic heterocycles. The first-order valence-electron chi connectivity index (χ1n) is 5.30. The summed E-state index contributed by atoms with van der Waals surface area (Å²) in [7, 11) is 3.47. The summed E-state index contributed by atoms with van der Waals surface area (Å²) in [5, 5.41) is 5.27. The fourth-order valence-electron chi connectivity index (χ4n) is 1.64. The first-order valence-corrected chi connectivity index (χ1v) is 6.12. The zero-order valence-corrected chi connectivity index (χ0v) is 10.6. The summed E-state index contributed by atoms with van der Waals surface area (Å²) in [5.74, 6) is -1.33. The van der Waals surface area contributed by atoms with Crippen molar-refractivity contribution < 1.29 is 9.59 Å². The van der Waals surface area contributed by atoms with E-state index >= 15 is 0 Å². The van der Waals surface area contributed by atoms with Crippen LogP contribution in [0.25, 0.3) is 0 Å². The van der Waals surface area contributed by atoms with Gasteiger partial charge in [-0.3, -0.25) is 14.9 Å². The lowest BCUT2D eigenvalue weighted by atomic mass is 10.2. The van der Waals surface area contributed by atoms with E-state index in [1.807, 2.05) is 7.05 Å². The lowest BCUT2D eigenvalue weighted by Gasteiger charge is -2.20. The summed E-state index contributed by atoms with van der Waals surface area (Å²) in [6.07, 6.45) is 0.887. The fraction of sp³-hybridized carbons (Fsp3) is 0.500. The van der Waals surface area contributed by atoms with Gasteiger partial charge in [-0.2, -0.15) is 0 Å². The Bertz CT molecular complexity index is 457. The van der Waals surface area contributed by atoms with Crippen LogP contribution in [0.5, 0.6) is 0 Å². The minimum atomic E-state index is -0.674. The van der Waals surface area contributed by atoms with Crippen molar-refractivity contribution in [3.05, 3.63) is 10.6 Å². The number of rotatable bonds is 1. The van der Waals surface area contributed by atoms with Crippen LogP contribution in [0.15, 0.2) is 0 Å². The monoisotopic (exact) mass is 254 g/mol. The third-order valence-corrected chi connectivity index (χ3v) is 3.57. The normalized spacial score (nSPS) is 15.2. The number of hydrogen-bond donors (Lipinski definition) is 2. The van der Waals surface area contributed by atoms with Gasteiger partial charge in [0, 0.05) is 31.4 Å². The second-order valence-corrected chi connectivity index (χ2v) is 4.99. The number of amides is 2. The molecule has 2 rings (SSSR count). The quantitative estimate of drug-likeness (QED) is 0.682. The molecule has 1 aliphatic heterocycles. The first kappa shape index (κ1) is 12.0. The lowest BCUT2D eigenvalue weighted by molar-refractivity contribution is -0.135. The molecule has 2 N–H and O–H groups in total. The Balaban J connectivity index is 2.08. The van der Waals surface area contributed by atoms with Crippen molar-refractivity contribution in [2.75, 3.05) is 26.0 Å². The number of aromatic nitrogens is 1. The molecule has 0 spiro atoms. The third kappa shape index (κ3) is 2.62. The number of anilines is 1. The molecule has 2 amide bonds. The Hall–Kier alpha value is -1.47. The standard InChI is InChI=1S/C10H14N4O2S/c1-11-8(15)9(16)13-10-12-6-3-4-14(2)5-7(6)17-10/h3-5H2,1-2H3,(H,11,15)(H,12,13,16). The molecule has 6 nitrogen and oxygen atoms in total. The highest BCUT2D eigenvalue weighted by Crippen LogP contribution is 2.27. The number of likely N-dealkylation sites (N-methyl/N-ethyl adjacent to an activating group) is 2. The summed E-state index contributed by atoms with van der Waals surface area (Å²) < 4.78 is 0.